The van der Waals surface area contributed by atoms with Crippen LogP contribution in [0.15, 0.2) is 36.9 Å². The van der Waals surface area contributed by atoms with Crippen LogP contribution in [0.3, 0.4) is 0 Å². The average Bonchev–Trinajstić information content (AvgIpc) is 2.23. The summed E-state index contributed by atoms with van der Waals surface area (Å²) in [5.74, 6) is 0. The minimum atomic E-state index is 1.10. The highest BCUT2D eigenvalue weighted by atomic mass is 14.0. The summed E-state index contributed by atoms with van der Waals surface area (Å²) in [4.78, 5) is 0. The lowest BCUT2D eigenvalue weighted by atomic mass is 10.0. The Balaban J connectivity index is 0.000000671. The second-order valence-electron chi connectivity index (χ2n) is 2.72. The van der Waals surface area contributed by atoms with Crippen LogP contribution in [-0.2, 0) is 0 Å². The van der Waals surface area contributed by atoms with E-state index in [1.807, 2.05) is 19.9 Å². The topological polar surface area (TPSA) is 0 Å². The van der Waals surface area contributed by atoms with Gasteiger partial charge in [-0.1, -0.05) is 64.1 Å². The normalized spacial score (nSPS) is 8.54. The summed E-state index contributed by atoms with van der Waals surface area (Å²) in [6, 6.07) is 10.4. The third-order valence-corrected chi connectivity index (χ3v) is 1.73. The fourth-order valence-electron chi connectivity index (χ4n) is 1.12. The van der Waals surface area contributed by atoms with E-state index in [1.165, 1.54) is 17.6 Å². The first-order chi connectivity index (χ1) is 6.34. The molecule has 0 aliphatic carbocycles. The summed E-state index contributed by atoms with van der Waals surface area (Å²) in [7, 11) is 0. The first-order valence-corrected chi connectivity index (χ1v) is 5.07. The van der Waals surface area contributed by atoms with Crippen LogP contribution >= 0.6 is 0 Å². The number of benzene rings is 1. The van der Waals surface area contributed by atoms with Crippen molar-refractivity contribution in [1.29, 1.82) is 0 Å². The Bertz CT molecular complexity index is 221. The molecule has 0 atom stereocenters. The van der Waals surface area contributed by atoms with Crippen LogP contribution in [-0.4, -0.2) is 0 Å². The predicted molar refractivity (Wildman–Crippen MR) is 61.7 cm³/mol. The molecule has 0 amide bonds. The molecule has 0 saturated heterocycles. The van der Waals surface area contributed by atoms with Gasteiger partial charge in [0, 0.05) is 0 Å². The zero-order valence-electron chi connectivity index (χ0n) is 9.01. The molecular formula is C13H20. The van der Waals surface area contributed by atoms with Gasteiger partial charge in [0.2, 0.25) is 0 Å². The predicted octanol–water partition coefficient (Wildman–Crippen LogP) is 4.53. The smallest absolute Gasteiger partial charge is 0.0230 e. The van der Waals surface area contributed by atoms with E-state index >= 15 is 0 Å². The van der Waals surface area contributed by atoms with Gasteiger partial charge in [0.15, 0.2) is 0 Å². The summed E-state index contributed by atoms with van der Waals surface area (Å²) >= 11 is 0. The maximum Gasteiger partial charge on any atom is -0.0230 e. The van der Waals surface area contributed by atoms with Gasteiger partial charge >= 0.3 is 0 Å². The highest BCUT2D eigenvalue weighted by molar-refractivity contribution is 5.62. The van der Waals surface area contributed by atoms with Gasteiger partial charge in [-0.15, -0.1) is 0 Å². The molecule has 1 rings (SSSR count). The van der Waals surface area contributed by atoms with Crippen LogP contribution in [0.5, 0.6) is 0 Å². The summed E-state index contributed by atoms with van der Waals surface area (Å²) in [5, 5.41) is 0. The van der Waals surface area contributed by atoms with Crippen molar-refractivity contribution in [3.63, 3.8) is 0 Å². The minimum absolute atomic E-state index is 1.10. The number of rotatable bonds is 3. The summed E-state index contributed by atoms with van der Waals surface area (Å²) in [6.45, 7) is 10.2. The van der Waals surface area contributed by atoms with Crippen molar-refractivity contribution in [3.8, 4) is 0 Å². The van der Waals surface area contributed by atoms with Gasteiger partial charge in [-0.2, -0.15) is 0 Å². The van der Waals surface area contributed by atoms with Crippen molar-refractivity contribution in [2.75, 3.05) is 0 Å². The lowest BCUT2D eigenvalue weighted by molar-refractivity contribution is 0.975. The van der Waals surface area contributed by atoms with Crippen molar-refractivity contribution < 1.29 is 0 Å². The van der Waals surface area contributed by atoms with E-state index in [9.17, 15) is 0 Å². The molecule has 0 nitrogen and oxygen atoms in total. The minimum Gasteiger partial charge on any atom is -0.0952 e. The number of hydrogen-bond donors (Lipinski definition) is 0. The molecule has 0 heteroatoms. The monoisotopic (exact) mass is 176 g/mol. The molecular weight excluding hydrogens is 156 g/mol. The lowest BCUT2D eigenvalue weighted by Gasteiger charge is -2.02. The molecule has 0 spiro atoms. The van der Waals surface area contributed by atoms with Crippen molar-refractivity contribution in [2.24, 2.45) is 0 Å². The van der Waals surface area contributed by atoms with E-state index < -0.39 is 0 Å². The lowest BCUT2D eigenvalue weighted by Crippen LogP contribution is -1.80. The molecule has 13 heavy (non-hydrogen) atoms. The zero-order valence-corrected chi connectivity index (χ0v) is 9.01. The van der Waals surface area contributed by atoms with Gasteiger partial charge in [-0.05, 0) is 17.6 Å². The average molecular weight is 176 g/mol. The molecule has 0 N–H and O–H groups in total. The molecule has 0 radical (unpaired) electrons. The van der Waals surface area contributed by atoms with Gasteiger partial charge in [0.25, 0.3) is 0 Å². The Kier molecular flexibility index (Phi) is 6.99. The third kappa shape index (κ3) is 4.51. The summed E-state index contributed by atoms with van der Waals surface area (Å²) < 4.78 is 0. The van der Waals surface area contributed by atoms with Gasteiger partial charge in [-0.25, -0.2) is 0 Å². The number of hydrogen-bond acceptors (Lipinski definition) is 0. The highest BCUT2D eigenvalue weighted by Gasteiger charge is 1.94. The standard InChI is InChI=1S/C11H14.C2H6/c1-3-7-10(2)11-8-5-4-6-9-11;1-2/h4-6,8-9H,2-3,7H2,1H3;1-2H3. The molecule has 0 bridgehead atoms. The first kappa shape index (κ1) is 12.0. The van der Waals surface area contributed by atoms with Gasteiger partial charge in [0.05, 0.1) is 0 Å². The molecule has 0 aromatic heterocycles. The highest BCUT2D eigenvalue weighted by Crippen LogP contribution is 2.16. The fraction of sp³-hybridized carbons (Fsp3) is 0.385. The van der Waals surface area contributed by atoms with Crippen molar-refractivity contribution in [2.45, 2.75) is 33.6 Å². The van der Waals surface area contributed by atoms with Crippen LogP contribution in [0.4, 0.5) is 0 Å². The van der Waals surface area contributed by atoms with E-state index in [1.54, 1.807) is 0 Å². The summed E-state index contributed by atoms with van der Waals surface area (Å²) in [6.07, 6.45) is 2.28. The van der Waals surface area contributed by atoms with E-state index in [0.29, 0.717) is 0 Å². The van der Waals surface area contributed by atoms with Crippen molar-refractivity contribution in [3.05, 3.63) is 42.5 Å². The Morgan fingerprint density at radius 1 is 1.15 bits per heavy atom. The van der Waals surface area contributed by atoms with E-state index in [-0.39, 0.29) is 0 Å². The quantitative estimate of drug-likeness (QED) is 0.635. The maximum absolute atomic E-state index is 4.01. The molecule has 0 fully saturated rings. The van der Waals surface area contributed by atoms with Gasteiger partial charge in [0.1, 0.15) is 0 Å². The second kappa shape index (κ2) is 7.60. The Hall–Kier alpha value is -1.04. The van der Waals surface area contributed by atoms with Crippen LogP contribution in [0, 0.1) is 0 Å². The van der Waals surface area contributed by atoms with Crippen molar-refractivity contribution in [1.82, 2.24) is 0 Å². The fourth-order valence-corrected chi connectivity index (χ4v) is 1.12. The third-order valence-electron chi connectivity index (χ3n) is 1.73. The maximum atomic E-state index is 4.01. The molecule has 72 valence electrons. The van der Waals surface area contributed by atoms with Gasteiger partial charge in [-0.3, -0.25) is 0 Å². The van der Waals surface area contributed by atoms with E-state index in [4.69, 9.17) is 0 Å². The number of allylic oxidation sites excluding steroid dienone is 1. The molecule has 1 aromatic carbocycles. The Morgan fingerprint density at radius 2 is 1.69 bits per heavy atom. The van der Waals surface area contributed by atoms with E-state index in [2.05, 4.69) is 37.8 Å². The Labute approximate surface area is 82.3 Å². The molecule has 0 saturated carbocycles. The first-order valence-electron chi connectivity index (χ1n) is 5.07. The van der Waals surface area contributed by atoms with Crippen molar-refractivity contribution >= 4 is 5.57 Å². The second-order valence-corrected chi connectivity index (χ2v) is 2.72. The molecule has 1 aromatic rings. The van der Waals surface area contributed by atoms with Crippen LogP contribution in [0.2, 0.25) is 0 Å². The largest absolute Gasteiger partial charge is 0.0952 e. The van der Waals surface area contributed by atoms with Crippen LogP contribution in [0.25, 0.3) is 5.57 Å². The van der Waals surface area contributed by atoms with Crippen LogP contribution < -0.4 is 0 Å². The van der Waals surface area contributed by atoms with Crippen LogP contribution in [0.1, 0.15) is 39.2 Å². The van der Waals surface area contributed by atoms with E-state index in [0.717, 1.165) is 6.42 Å². The molecule has 0 aliphatic heterocycles. The summed E-state index contributed by atoms with van der Waals surface area (Å²) in [5.41, 5.74) is 2.52. The SMILES string of the molecule is C=C(CCC)c1ccccc1.CC. The molecule has 0 aliphatic rings. The van der Waals surface area contributed by atoms with Gasteiger partial charge < -0.3 is 0 Å². The molecule has 0 unspecified atom stereocenters. The molecule has 0 heterocycles. The zero-order chi connectivity index (χ0) is 10.1. The Morgan fingerprint density at radius 3 is 2.15 bits per heavy atom.